The summed E-state index contributed by atoms with van der Waals surface area (Å²) in [7, 11) is 0. The maximum atomic E-state index is 9.04. The molecule has 1 saturated carbocycles. The minimum Gasteiger partial charge on any atom is -0.492 e. The predicted molar refractivity (Wildman–Crippen MR) is 58.9 cm³/mol. The van der Waals surface area contributed by atoms with Gasteiger partial charge in [-0.3, -0.25) is 0 Å². The lowest BCUT2D eigenvalue weighted by Crippen LogP contribution is -2.02. The van der Waals surface area contributed by atoms with Crippen molar-refractivity contribution >= 4 is 0 Å². The average molecular weight is 201 g/mol. The van der Waals surface area contributed by atoms with Crippen LogP contribution in [-0.2, 0) is 0 Å². The van der Waals surface area contributed by atoms with Gasteiger partial charge in [0.05, 0.1) is 12.2 Å². The van der Waals surface area contributed by atoms with E-state index in [1.807, 2.05) is 26.0 Å². The first-order valence-corrected chi connectivity index (χ1v) is 5.35. The Balaban J connectivity index is 2.22. The minimum atomic E-state index is 0.682. The Kier molecular flexibility index (Phi) is 2.64. The molecule has 1 aromatic carbocycles. The van der Waals surface area contributed by atoms with E-state index >= 15 is 0 Å². The van der Waals surface area contributed by atoms with Gasteiger partial charge in [-0.05, 0) is 49.8 Å². The standard InChI is InChI=1S/C13H15NO/c1-9-5-10(2)12(7-14)13(6-9)15-8-11-3-4-11/h5-6,11H,3-4,8H2,1-2H3. The van der Waals surface area contributed by atoms with Gasteiger partial charge >= 0.3 is 0 Å². The normalized spacial score (nSPS) is 14.7. The summed E-state index contributed by atoms with van der Waals surface area (Å²) in [5, 5.41) is 9.04. The molecule has 0 aliphatic heterocycles. The fourth-order valence-electron chi connectivity index (χ4n) is 1.68. The van der Waals surface area contributed by atoms with E-state index in [1.54, 1.807) is 0 Å². The van der Waals surface area contributed by atoms with Gasteiger partial charge in [-0.15, -0.1) is 0 Å². The zero-order chi connectivity index (χ0) is 10.8. The molecule has 0 heterocycles. The third kappa shape index (κ3) is 2.30. The van der Waals surface area contributed by atoms with Crippen molar-refractivity contribution in [3.05, 3.63) is 28.8 Å². The number of nitriles is 1. The molecule has 0 saturated heterocycles. The average Bonchev–Trinajstić information content (AvgIpc) is 2.97. The highest BCUT2D eigenvalue weighted by Crippen LogP contribution is 2.31. The summed E-state index contributed by atoms with van der Waals surface area (Å²) < 4.78 is 5.69. The monoisotopic (exact) mass is 201 g/mol. The first-order valence-electron chi connectivity index (χ1n) is 5.35. The van der Waals surface area contributed by atoms with Crippen LogP contribution in [0.4, 0.5) is 0 Å². The second kappa shape index (κ2) is 3.94. The topological polar surface area (TPSA) is 33.0 Å². The summed E-state index contributed by atoms with van der Waals surface area (Å²) in [4.78, 5) is 0. The van der Waals surface area contributed by atoms with E-state index in [-0.39, 0.29) is 0 Å². The third-order valence-electron chi connectivity index (χ3n) is 2.73. The number of rotatable bonds is 3. The fraction of sp³-hybridized carbons (Fsp3) is 0.462. The highest BCUT2D eigenvalue weighted by atomic mass is 16.5. The fourth-order valence-corrected chi connectivity index (χ4v) is 1.68. The molecule has 0 atom stereocenters. The maximum Gasteiger partial charge on any atom is 0.137 e. The van der Waals surface area contributed by atoms with Gasteiger partial charge in [0.15, 0.2) is 0 Å². The first kappa shape index (κ1) is 10.0. The third-order valence-corrected chi connectivity index (χ3v) is 2.73. The Bertz CT molecular complexity index is 413. The predicted octanol–water partition coefficient (Wildman–Crippen LogP) is 2.96. The van der Waals surface area contributed by atoms with E-state index in [1.165, 1.54) is 12.8 Å². The molecular weight excluding hydrogens is 186 g/mol. The first-order chi connectivity index (χ1) is 7.20. The van der Waals surface area contributed by atoms with Crippen molar-refractivity contribution < 1.29 is 4.74 Å². The summed E-state index contributed by atoms with van der Waals surface area (Å²) in [6.07, 6.45) is 2.54. The van der Waals surface area contributed by atoms with Crippen molar-refractivity contribution in [2.45, 2.75) is 26.7 Å². The van der Waals surface area contributed by atoms with Crippen LogP contribution in [0.3, 0.4) is 0 Å². The molecule has 0 aromatic heterocycles. The number of ether oxygens (including phenoxy) is 1. The van der Waals surface area contributed by atoms with Crippen LogP contribution in [-0.4, -0.2) is 6.61 Å². The van der Waals surface area contributed by atoms with Gasteiger partial charge in [-0.1, -0.05) is 6.07 Å². The molecule has 78 valence electrons. The van der Waals surface area contributed by atoms with Crippen LogP contribution in [0, 0.1) is 31.1 Å². The van der Waals surface area contributed by atoms with Crippen molar-refractivity contribution in [1.82, 2.24) is 0 Å². The molecular formula is C13H15NO. The number of nitrogens with zero attached hydrogens (tertiary/aromatic N) is 1. The molecule has 2 nitrogen and oxygen atoms in total. The van der Waals surface area contributed by atoms with E-state index in [9.17, 15) is 0 Å². The molecule has 0 amide bonds. The lowest BCUT2D eigenvalue weighted by Gasteiger charge is -2.10. The molecule has 2 heteroatoms. The van der Waals surface area contributed by atoms with Crippen molar-refractivity contribution in [2.24, 2.45) is 5.92 Å². The highest BCUT2D eigenvalue weighted by Gasteiger charge is 2.22. The molecule has 1 aliphatic carbocycles. The molecule has 1 fully saturated rings. The van der Waals surface area contributed by atoms with E-state index < -0.39 is 0 Å². The smallest absolute Gasteiger partial charge is 0.137 e. The van der Waals surface area contributed by atoms with Gasteiger partial charge in [0.1, 0.15) is 11.8 Å². The van der Waals surface area contributed by atoms with Crippen LogP contribution >= 0.6 is 0 Å². The van der Waals surface area contributed by atoms with Crippen LogP contribution in [0.1, 0.15) is 29.5 Å². The summed E-state index contributed by atoms with van der Waals surface area (Å²) in [6.45, 7) is 4.74. The van der Waals surface area contributed by atoms with E-state index in [4.69, 9.17) is 10.00 Å². The SMILES string of the molecule is Cc1cc(C)c(C#N)c(OCC2CC2)c1. The second-order valence-corrected chi connectivity index (χ2v) is 4.32. The quantitative estimate of drug-likeness (QED) is 0.753. The Morgan fingerprint density at radius 3 is 2.73 bits per heavy atom. The van der Waals surface area contributed by atoms with Crippen LogP contribution < -0.4 is 4.74 Å². The Morgan fingerprint density at radius 1 is 1.40 bits per heavy atom. The second-order valence-electron chi connectivity index (χ2n) is 4.32. The molecule has 15 heavy (non-hydrogen) atoms. The molecule has 0 unspecified atom stereocenters. The van der Waals surface area contributed by atoms with Gasteiger partial charge in [-0.25, -0.2) is 0 Å². The number of aryl methyl sites for hydroxylation is 2. The van der Waals surface area contributed by atoms with Gasteiger partial charge in [-0.2, -0.15) is 5.26 Å². The molecule has 0 radical (unpaired) electrons. The molecule has 0 N–H and O–H groups in total. The molecule has 1 aromatic rings. The minimum absolute atomic E-state index is 0.682. The van der Waals surface area contributed by atoms with Gasteiger partial charge in [0, 0.05) is 0 Å². The van der Waals surface area contributed by atoms with Crippen molar-refractivity contribution in [3.8, 4) is 11.8 Å². The lowest BCUT2D eigenvalue weighted by atomic mass is 10.1. The Morgan fingerprint density at radius 2 is 2.13 bits per heavy atom. The van der Waals surface area contributed by atoms with Crippen LogP contribution in [0.15, 0.2) is 12.1 Å². The zero-order valence-corrected chi connectivity index (χ0v) is 9.21. The van der Waals surface area contributed by atoms with Crippen LogP contribution in [0.25, 0.3) is 0 Å². The van der Waals surface area contributed by atoms with Crippen LogP contribution in [0.5, 0.6) is 5.75 Å². The molecule has 2 rings (SSSR count). The van der Waals surface area contributed by atoms with Gasteiger partial charge in [0.25, 0.3) is 0 Å². The summed E-state index contributed by atoms with van der Waals surface area (Å²) in [5.74, 6) is 1.47. The molecule has 1 aliphatic rings. The van der Waals surface area contributed by atoms with E-state index in [0.717, 1.165) is 29.4 Å². The van der Waals surface area contributed by atoms with Crippen LogP contribution in [0.2, 0.25) is 0 Å². The Labute approximate surface area is 90.5 Å². The summed E-state index contributed by atoms with van der Waals surface area (Å²) in [6, 6.07) is 6.18. The van der Waals surface area contributed by atoms with Crippen molar-refractivity contribution in [3.63, 3.8) is 0 Å². The summed E-state index contributed by atoms with van der Waals surface area (Å²) >= 11 is 0. The lowest BCUT2D eigenvalue weighted by molar-refractivity contribution is 0.298. The molecule has 0 spiro atoms. The number of hydrogen-bond donors (Lipinski definition) is 0. The zero-order valence-electron chi connectivity index (χ0n) is 9.21. The number of benzene rings is 1. The van der Waals surface area contributed by atoms with E-state index in [2.05, 4.69) is 6.07 Å². The summed E-state index contributed by atoms with van der Waals surface area (Å²) in [5.41, 5.74) is 2.84. The number of hydrogen-bond acceptors (Lipinski definition) is 2. The van der Waals surface area contributed by atoms with E-state index in [0.29, 0.717) is 5.56 Å². The largest absolute Gasteiger partial charge is 0.492 e. The van der Waals surface area contributed by atoms with Gasteiger partial charge in [0.2, 0.25) is 0 Å². The van der Waals surface area contributed by atoms with Gasteiger partial charge < -0.3 is 4.74 Å². The highest BCUT2D eigenvalue weighted by molar-refractivity contribution is 5.50. The molecule has 0 bridgehead atoms. The van der Waals surface area contributed by atoms with Crippen molar-refractivity contribution in [1.29, 1.82) is 5.26 Å². The maximum absolute atomic E-state index is 9.04. The Hall–Kier alpha value is -1.49. The van der Waals surface area contributed by atoms with Crippen molar-refractivity contribution in [2.75, 3.05) is 6.61 Å².